The molecular formula is C17H12ClN3O3. The Balaban J connectivity index is 1.68. The van der Waals surface area contributed by atoms with E-state index in [4.69, 9.17) is 16.3 Å². The molecule has 0 saturated carbocycles. The summed E-state index contributed by atoms with van der Waals surface area (Å²) in [7, 11) is 0. The fourth-order valence-corrected chi connectivity index (χ4v) is 2.10. The SMILES string of the molecule is O=C(Nc1ccc(Oc2ccccc2Cl)cc1)c1ccc(=O)[nH]n1. The second kappa shape index (κ2) is 6.97. The van der Waals surface area contributed by atoms with E-state index in [1.165, 1.54) is 12.1 Å². The fourth-order valence-electron chi connectivity index (χ4n) is 1.93. The molecule has 3 aromatic rings. The normalized spacial score (nSPS) is 10.2. The highest BCUT2D eigenvalue weighted by Crippen LogP contribution is 2.29. The molecule has 0 unspecified atom stereocenters. The van der Waals surface area contributed by atoms with Crippen LogP contribution in [0.15, 0.2) is 65.5 Å². The van der Waals surface area contributed by atoms with Crippen LogP contribution in [0, 0.1) is 0 Å². The lowest BCUT2D eigenvalue weighted by Gasteiger charge is -2.09. The molecule has 2 N–H and O–H groups in total. The van der Waals surface area contributed by atoms with Gasteiger partial charge in [-0.1, -0.05) is 23.7 Å². The first kappa shape index (κ1) is 15.8. The number of para-hydroxylation sites is 1. The number of benzene rings is 2. The maximum atomic E-state index is 12.0. The lowest BCUT2D eigenvalue weighted by Crippen LogP contribution is -2.17. The van der Waals surface area contributed by atoms with Crippen molar-refractivity contribution >= 4 is 23.2 Å². The fraction of sp³-hybridized carbons (Fsp3) is 0. The molecule has 7 heteroatoms. The first-order valence-electron chi connectivity index (χ1n) is 7.01. The highest BCUT2D eigenvalue weighted by atomic mass is 35.5. The summed E-state index contributed by atoms with van der Waals surface area (Å²) >= 11 is 6.04. The summed E-state index contributed by atoms with van der Waals surface area (Å²) in [6.45, 7) is 0. The molecule has 0 aliphatic carbocycles. The summed E-state index contributed by atoms with van der Waals surface area (Å²) in [5.41, 5.74) is 0.318. The van der Waals surface area contributed by atoms with Crippen molar-refractivity contribution in [3.05, 3.63) is 81.7 Å². The molecule has 0 radical (unpaired) electrons. The van der Waals surface area contributed by atoms with Crippen molar-refractivity contribution in [3.8, 4) is 11.5 Å². The van der Waals surface area contributed by atoms with Crippen molar-refractivity contribution in [2.24, 2.45) is 0 Å². The highest BCUT2D eigenvalue weighted by Gasteiger charge is 2.08. The third-order valence-corrected chi connectivity index (χ3v) is 3.40. The summed E-state index contributed by atoms with van der Waals surface area (Å²) in [5, 5.41) is 9.07. The zero-order valence-corrected chi connectivity index (χ0v) is 13.1. The summed E-state index contributed by atoms with van der Waals surface area (Å²) in [6.07, 6.45) is 0. The van der Waals surface area contributed by atoms with Gasteiger partial charge < -0.3 is 10.1 Å². The van der Waals surface area contributed by atoms with E-state index in [-0.39, 0.29) is 11.3 Å². The van der Waals surface area contributed by atoms with Crippen molar-refractivity contribution in [2.75, 3.05) is 5.32 Å². The number of carbonyl (C=O) groups excluding carboxylic acids is 1. The van der Waals surface area contributed by atoms with Gasteiger partial charge in [-0.05, 0) is 42.5 Å². The number of aromatic amines is 1. The monoisotopic (exact) mass is 341 g/mol. The van der Waals surface area contributed by atoms with Gasteiger partial charge in [0, 0.05) is 11.8 Å². The molecule has 1 aromatic heterocycles. The molecule has 3 rings (SSSR count). The van der Waals surface area contributed by atoms with Crippen molar-refractivity contribution in [1.82, 2.24) is 10.2 Å². The minimum Gasteiger partial charge on any atom is -0.456 e. The summed E-state index contributed by atoms with van der Waals surface area (Å²) < 4.78 is 5.67. The smallest absolute Gasteiger partial charge is 0.276 e. The van der Waals surface area contributed by atoms with Gasteiger partial charge in [-0.25, -0.2) is 5.10 Å². The number of nitrogens with one attached hydrogen (secondary N) is 2. The zero-order chi connectivity index (χ0) is 16.9. The van der Waals surface area contributed by atoms with Gasteiger partial charge in [0.05, 0.1) is 5.02 Å². The van der Waals surface area contributed by atoms with E-state index in [0.29, 0.717) is 22.2 Å². The number of aromatic nitrogens is 2. The number of carbonyl (C=O) groups is 1. The van der Waals surface area contributed by atoms with E-state index in [0.717, 1.165) is 0 Å². The lowest BCUT2D eigenvalue weighted by molar-refractivity contribution is 0.102. The van der Waals surface area contributed by atoms with Crippen molar-refractivity contribution in [2.45, 2.75) is 0 Å². The average Bonchev–Trinajstić information content (AvgIpc) is 2.59. The van der Waals surface area contributed by atoms with Crippen LogP contribution < -0.4 is 15.6 Å². The molecule has 0 bridgehead atoms. The minimum absolute atomic E-state index is 0.117. The van der Waals surface area contributed by atoms with Crippen LogP contribution in [-0.4, -0.2) is 16.1 Å². The molecule has 24 heavy (non-hydrogen) atoms. The topological polar surface area (TPSA) is 84.1 Å². The Labute approximate surface area is 142 Å². The minimum atomic E-state index is -0.425. The summed E-state index contributed by atoms with van der Waals surface area (Å²) in [5.74, 6) is 0.711. The molecule has 0 aliphatic rings. The number of ether oxygens (including phenoxy) is 1. The molecule has 0 spiro atoms. The number of halogens is 1. The van der Waals surface area contributed by atoms with Gasteiger partial charge in [0.25, 0.3) is 11.5 Å². The van der Waals surface area contributed by atoms with Crippen LogP contribution in [0.2, 0.25) is 5.02 Å². The summed E-state index contributed by atoms with van der Waals surface area (Å²) in [6, 6.07) is 16.5. The second-order valence-electron chi connectivity index (χ2n) is 4.82. The Morgan fingerprint density at radius 2 is 1.79 bits per heavy atom. The lowest BCUT2D eigenvalue weighted by atomic mass is 10.2. The molecule has 0 atom stereocenters. The molecule has 6 nitrogen and oxygen atoms in total. The highest BCUT2D eigenvalue weighted by molar-refractivity contribution is 6.32. The van der Waals surface area contributed by atoms with Crippen LogP contribution in [-0.2, 0) is 0 Å². The van der Waals surface area contributed by atoms with E-state index < -0.39 is 5.91 Å². The Kier molecular flexibility index (Phi) is 4.58. The van der Waals surface area contributed by atoms with E-state index >= 15 is 0 Å². The molecule has 0 fully saturated rings. The van der Waals surface area contributed by atoms with Crippen LogP contribution >= 0.6 is 11.6 Å². The van der Waals surface area contributed by atoms with Gasteiger partial charge in [-0.2, -0.15) is 5.10 Å². The number of rotatable bonds is 4. The van der Waals surface area contributed by atoms with Crippen LogP contribution in [0.5, 0.6) is 11.5 Å². The molecule has 2 aromatic carbocycles. The van der Waals surface area contributed by atoms with Gasteiger partial charge in [0.1, 0.15) is 17.2 Å². The number of H-pyrrole nitrogens is 1. The molecule has 0 aliphatic heterocycles. The first-order valence-corrected chi connectivity index (χ1v) is 7.39. The Bertz CT molecular complexity index is 902. The first-order chi connectivity index (χ1) is 11.6. The zero-order valence-electron chi connectivity index (χ0n) is 12.3. The molecule has 1 amide bonds. The second-order valence-corrected chi connectivity index (χ2v) is 5.22. The van der Waals surface area contributed by atoms with E-state index in [9.17, 15) is 9.59 Å². The predicted molar refractivity (Wildman–Crippen MR) is 90.8 cm³/mol. The standard InChI is InChI=1S/C17H12ClN3O3/c18-13-3-1-2-4-15(13)24-12-7-5-11(6-8-12)19-17(23)14-9-10-16(22)21-20-14/h1-10H,(H,19,23)(H,21,22). The Morgan fingerprint density at radius 1 is 1.04 bits per heavy atom. The van der Waals surface area contributed by atoms with Crippen LogP contribution in [0.25, 0.3) is 0 Å². The van der Waals surface area contributed by atoms with Crippen molar-refractivity contribution in [3.63, 3.8) is 0 Å². The third kappa shape index (κ3) is 3.80. The quantitative estimate of drug-likeness (QED) is 0.761. The van der Waals surface area contributed by atoms with Gasteiger partial charge >= 0.3 is 0 Å². The van der Waals surface area contributed by atoms with Gasteiger partial charge in [0.15, 0.2) is 0 Å². The largest absolute Gasteiger partial charge is 0.456 e. The Hall–Kier alpha value is -3.12. The Morgan fingerprint density at radius 3 is 2.46 bits per heavy atom. The number of hydrogen-bond donors (Lipinski definition) is 2. The maximum absolute atomic E-state index is 12.0. The number of amides is 1. The van der Waals surface area contributed by atoms with Crippen LogP contribution in [0.1, 0.15) is 10.5 Å². The van der Waals surface area contributed by atoms with E-state index in [1.54, 1.807) is 36.4 Å². The molecule has 120 valence electrons. The van der Waals surface area contributed by atoms with Gasteiger partial charge in [0.2, 0.25) is 0 Å². The number of anilines is 1. The van der Waals surface area contributed by atoms with E-state index in [2.05, 4.69) is 15.5 Å². The number of nitrogens with zero attached hydrogens (tertiary/aromatic N) is 1. The molecule has 1 heterocycles. The molecular weight excluding hydrogens is 330 g/mol. The van der Waals surface area contributed by atoms with Crippen molar-refractivity contribution in [1.29, 1.82) is 0 Å². The third-order valence-electron chi connectivity index (χ3n) is 3.09. The summed E-state index contributed by atoms with van der Waals surface area (Å²) in [4.78, 5) is 22.9. The van der Waals surface area contributed by atoms with Crippen LogP contribution in [0.4, 0.5) is 5.69 Å². The van der Waals surface area contributed by atoms with E-state index in [1.807, 2.05) is 12.1 Å². The van der Waals surface area contributed by atoms with Crippen LogP contribution in [0.3, 0.4) is 0 Å². The number of hydrogen-bond acceptors (Lipinski definition) is 4. The van der Waals surface area contributed by atoms with Crippen molar-refractivity contribution < 1.29 is 9.53 Å². The average molecular weight is 342 g/mol. The molecule has 0 saturated heterocycles. The van der Waals surface area contributed by atoms with Gasteiger partial charge in [-0.3, -0.25) is 9.59 Å². The predicted octanol–water partition coefficient (Wildman–Crippen LogP) is 3.47. The maximum Gasteiger partial charge on any atom is 0.276 e. The van der Waals surface area contributed by atoms with Gasteiger partial charge in [-0.15, -0.1) is 0 Å².